The minimum Gasteiger partial charge on any atom is -0.505 e. The van der Waals surface area contributed by atoms with Gasteiger partial charge < -0.3 is 29.4 Å². The summed E-state index contributed by atoms with van der Waals surface area (Å²) in [4.78, 5) is 0. The summed E-state index contributed by atoms with van der Waals surface area (Å²) in [6, 6.07) is 4.44. The normalized spacial score (nSPS) is 18.1. The Morgan fingerprint density at radius 2 is 1.79 bits per heavy atom. The molecule has 11 nitrogen and oxygen atoms in total. The van der Waals surface area contributed by atoms with E-state index in [1.165, 1.54) is 19.2 Å². The molecule has 3 rings (SSSR count). The van der Waals surface area contributed by atoms with Crippen LogP contribution >= 0.6 is 7.52 Å². The maximum atomic E-state index is 14.1. The molecule has 0 saturated heterocycles. The highest BCUT2D eigenvalue weighted by Crippen LogP contribution is 2.54. The molecule has 0 amide bonds. The van der Waals surface area contributed by atoms with Crippen LogP contribution in [0.2, 0.25) is 0 Å². The molecule has 0 radical (unpaired) electrons. The zero-order valence-corrected chi connectivity index (χ0v) is 25.0. The van der Waals surface area contributed by atoms with E-state index >= 15 is 0 Å². The Hall–Kier alpha value is -2.53. The van der Waals surface area contributed by atoms with Crippen molar-refractivity contribution >= 4 is 40.1 Å². The number of aromatic nitrogens is 1. The molecule has 1 atom stereocenters. The molecule has 1 aromatic heterocycles. The minimum absolute atomic E-state index is 0.0166. The summed E-state index contributed by atoms with van der Waals surface area (Å²) >= 11 is 0. The number of nitrogens with zero attached hydrogens (tertiary/aromatic N) is 2. The minimum atomic E-state index is -4.00. The molecule has 0 aliphatic carbocycles. The topological polar surface area (TPSA) is 151 Å². The zero-order chi connectivity index (χ0) is 28.7. The van der Waals surface area contributed by atoms with Gasteiger partial charge in [-0.3, -0.25) is 9.29 Å². The molecule has 38 heavy (non-hydrogen) atoms. The maximum absolute atomic E-state index is 14.1. The second kappa shape index (κ2) is 10.6. The summed E-state index contributed by atoms with van der Waals surface area (Å²) in [6.45, 7) is 12.6. The third kappa shape index (κ3) is 6.72. The summed E-state index contributed by atoms with van der Waals surface area (Å²) in [5.74, 6) is -0.389. The molecule has 0 fully saturated rings. The van der Waals surface area contributed by atoms with Crippen LogP contribution in [0.3, 0.4) is 0 Å². The Kier molecular flexibility index (Phi) is 8.34. The predicted molar refractivity (Wildman–Crippen MR) is 151 cm³/mol. The Labute approximate surface area is 224 Å². The average molecular weight is 571 g/mol. The van der Waals surface area contributed by atoms with Crippen LogP contribution in [0.4, 0.5) is 11.4 Å². The molecule has 0 bridgehead atoms. The second-order valence-electron chi connectivity index (χ2n) is 11.6. The lowest BCUT2D eigenvalue weighted by atomic mass is 9.89. The van der Waals surface area contributed by atoms with Crippen LogP contribution in [0, 0.1) is 5.41 Å². The van der Waals surface area contributed by atoms with Gasteiger partial charge in [-0.1, -0.05) is 41.5 Å². The lowest BCUT2D eigenvalue weighted by Gasteiger charge is -2.25. The van der Waals surface area contributed by atoms with E-state index in [0.29, 0.717) is 17.9 Å². The molecule has 0 spiro atoms. The first-order chi connectivity index (χ1) is 17.4. The predicted octanol–water partition coefficient (Wildman–Crippen LogP) is 4.36. The lowest BCUT2D eigenvalue weighted by Crippen LogP contribution is -2.26. The van der Waals surface area contributed by atoms with Crippen LogP contribution in [0.15, 0.2) is 23.0 Å². The van der Waals surface area contributed by atoms with E-state index in [9.17, 15) is 23.2 Å². The van der Waals surface area contributed by atoms with Crippen molar-refractivity contribution in [2.75, 3.05) is 36.6 Å². The fourth-order valence-corrected chi connectivity index (χ4v) is 6.51. The van der Waals surface area contributed by atoms with Crippen molar-refractivity contribution in [2.45, 2.75) is 59.9 Å². The number of fused-ring (bicyclic) bond motifs is 1. The quantitative estimate of drug-likeness (QED) is 0.256. The fraction of sp³-hybridized carbons (Fsp3) is 0.560. The van der Waals surface area contributed by atoms with E-state index in [4.69, 9.17) is 9.26 Å². The number of ether oxygens (including phenoxy) is 1. The summed E-state index contributed by atoms with van der Waals surface area (Å²) in [6.07, 6.45) is 1.74. The van der Waals surface area contributed by atoms with Crippen molar-refractivity contribution in [1.82, 2.24) is 4.57 Å². The Morgan fingerprint density at radius 1 is 1.13 bits per heavy atom. The van der Waals surface area contributed by atoms with Gasteiger partial charge in [0.05, 0.1) is 36.2 Å². The number of aromatic hydroxyl groups is 2. The lowest BCUT2D eigenvalue weighted by molar-refractivity contribution is 0.149. The van der Waals surface area contributed by atoms with Crippen molar-refractivity contribution in [3.63, 3.8) is 0 Å². The average Bonchev–Trinajstić information content (AvgIpc) is 3.01. The van der Waals surface area contributed by atoms with E-state index < -0.39 is 23.0 Å². The molecule has 2 aromatic rings. The van der Waals surface area contributed by atoms with Crippen LogP contribution in [-0.4, -0.2) is 55.6 Å². The van der Waals surface area contributed by atoms with E-state index in [1.54, 1.807) is 10.6 Å². The van der Waals surface area contributed by atoms with Crippen LogP contribution in [0.5, 0.6) is 11.6 Å². The SMILES string of the molecule is COCCOP1(=O)N=C(c2c(O)c(C(C)(C)C)n(CCC(C)(C)C)c2O)Nc2ccc(NS(C)(=O)=O)cc21. The Morgan fingerprint density at radius 3 is 2.34 bits per heavy atom. The number of amidine groups is 1. The summed E-state index contributed by atoms with van der Waals surface area (Å²) < 4.78 is 56.8. The first-order valence-electron chi connectivity index (χ1n) is 12.2. The van der Waals surface area contributed by atoms with Gasteiger partial charge in [0, 0.05) is 24.8 Å². The van der Waals surface area contributed by atoms with Crippen LogP contribution in [0.1, 0.15) is 59.2 Å². The molecule has 13 heteroatoms. The number of methoxy groups -OCH3 is 1. The van der Waals surface area contributed by atoms with E-state index in [-0.39, 0.29) is 52.6 Å². The van der Waals surface area contributed by atoms with Gasteiger partial charge in [0.1, 0.15) is 5.56 Å². The number of hydrogen-bond acceptors (Lipinski definition) is 8. The summed E-state index contributed by atoms with van der Waals surface area (Å²) in [7, 11) is -6.11. The van der Waals surface area contributed by atoms with E-state index in [2.05, 4.69) is 35.6 Å². The zero-order valence-electron chi connectivity index (χ0n) is 23.2. The fourth-order valence-electron chi connectivity index (χ4n) is 4.18. The van der Waals surface area contributed by atoms with Gasteiger partial charge in [-0.15, -0.1) is 0 Å². The van der Waals surface area contributed by atoms with Gasteiger partial charge in [0.25, 0.3) is 0 Å². The highest BCUT2D eigenvalue weighted by atomic mass is 32.2. The molecule has 1 aliphatic heterocycles. The van der Waals surface area contributed by atoms with Crippen LogP contribution in [-0.2, 0) is 35.8 Å². The number of nitrogens with one attached hydrogen (secondary N) is 2. The van der Waals surface area contributed by atoms with Crippen molar-refractivity contribution in [3.05, 3.63) is 29.5 Å². The number of sulfonamides is 1. The molecule has 0 saturated carbocycles. The van der Waals surface area contributed by atoms with Gasteiger partial charge in [-0.25, -0.2) is 8.42 Å². The van der Waals surface area contributed by atoms with Crippen LogP contribution in [0.25, 0.3) is 0 Å². The molecule has 212 valence electrons. The highest BCUT2D eigenvalue weighted by molar-refractivity contribution is 7.92. The third-order valence-electron chi connectivity index (χ3n) is 5.89. The first-order valence-corrected chi connectivity index (χ1v) is 15.7. The summed E-state index contributed by atoms with van der Waals surface area (Å²) in [5.41, 5.74) is 0.514. The molecule has 1 unspecified atom stereocenters. The Balaban J connectivity index is 2.19. The second-order valence-corrected chi connectivity index (χ2v) is 15.4. The van der Waals surface area contributed by atoms with Gasteiger partial charge in [0.15, 0.2) is 11.6 Å². The highest BCUT2D eigenvalue weighted by Gasteiger charge is 2.39. The first kappa shape index (κ1) is 30.0. The van der Waals surface area contributed by atoms with Gasteiger partial charge in [0.2, 0.25) is 15.9 Å². The molecule has 2 heterocycles. The van der Waals surface area contributed by atoms with Gasteiger partial charge in [-0.2, -0.15) is 4.76 Å². The largest absolute Gasteiger partial charge is 0.505 e. The molecular weight excluding hydrogens is 531 g/mol. The van der Waals surface area contributed by atoms with E-state index in [1.807, 2.05) is 20.8 Å². The molecule has 1 aliphatic rings. The number of benzene rings is 1. The van der Waals surface area contributed by atoms with Gasteiger partial charge in [-0.05, 0) is 30.0 Å². The Bertz CT molecular complexity index is 1390. The maximum Gasteiger partial charge on any atom is 0.348 e. The van der Waals surface area contributed by atoms with Gasteiger partial charge >= 0.3 is 7.52 Å². The van der Waals surface area contributed by atoms with Crippen LogP contribution < -0.4 is 15.3 Å². The number of rotatable bonds is 9. The van der Waals surface area contributed by atoms with Crippen molar-refractivity contribution in [2.24, 2.45) is 10.2 Å². The van der Waals surface area contributed by atoms with E-state index in [0.717, 1.165) is 12.7 Å². The standard InChI is InChI=1S/C25H39N4O7PS/c1-24(2,3)11-12-29-21(25(4,5)6)20(30)19(23(29)31)22-26-17-10-9-16(28-38(8,33)34)15-18(17)37(32,27-22)36-14-13-35-7/h9-10,15,28,30-31H,11-14H2,1-8H3,(H,26,27,32). The van der Waals surface area contributed by atoms with Crippen molar-refractivity contribution < 1.29 is 32.5 Å². The molecule has 1 aromatic carbocycles. The number of anilines is 2. The number of hydrogen-bond donors (Lipinski definition) is 4. The molecule has 4 N–H and O–H groups in total. The summed E-state index contributed by atoms with van der Waals surface area (Å²) in [5, 5.41) is 25.9. The van der Waals surface area contributed by atoms with Crippen molar-refractivity contribution in [1.29, 1.82) is 0 Å². The smallest absolute Gasteiger partial charge is 0.348 e. The molecular formula is C25H39N4O7PS. The monoisotopic (exact) mass is 570 g/mol. The third-order valence-corrected chi connectivity index (χ3v) is 8.47. The van der Waals surface area contributed by atoms with Crippen molar-refractivity contribution in [3.8, 4) is 11.6 Å².